The number of rotatable bonds is 7. The Bertz CT molecular complexity index is 2040. The molecule has 2 saturated heterocycles. The second kappa shape index (κ2) is 12.2. The van der Waals surface area contributed by atoms with Crippen LogP contribution in [-0.2, 0) is 22.7 Å². The van der Waals surface area contributed by atoms with E-state index < -0.39 is 11.9 Å². The summed E-state index contributed by atoms with van der Waals surface area (Å²) in [5.74, 6) is 1.06. The molecule has 12 heteroatoms. The monoisotopic (exact) mass is 642 g/mol. The number of hydrogen-bond acceptors (Lipinski definition) is 9. The molecule has 12 nitrogen and oxygen atoms in total. The summed E-state index contributed by atoms with van der Waals surface area (Å²) in [6, 6.07) is 22.9. The predicted molar refractivity (Wildman–Crippen MR) is 178 cm³/mol. The average molecular weight is 643 g/mol. The summed E-state index contributed by atoms with van der Waals surface area (Å²) in [6.45, 7) is 2.86. The SMILES string of the molecule is Nc1ncnc2c1c(-c1ccc(Oc3ccccc3)cc1)nn2C1CCN(Cc2ccc3c(c2)CN(C2CCC(=O)NC2=O)C3=O)CC1. The highest BCUT2D eigenvalue weighted by atomic mass is 16.5. The zero-order chi connectivity index (χ0) is 32.8. The van der Waals surface area contributed by atoms with Gasteiger partial charge in [0.1, 0.15) is 35.4 Å². The third-order valence-electron chi connectivity index (χ3n) is 9.52. The number of piperidine rings is 2. The van der Waals surface area contributed by atoms with Crippen LogP contribution in [0.25, 0.3) is 22.3 Å². The second-order valence-corrected chi connectivity index (χ2v) is 12.6. The molecule has 3 aromatic carbocycles. The predicted octanol–water partition coefficient (Wildman–Crippen LogP) is 4.47. The molecule has 242 valence electrons. The van der Waals surface area contributed by atoms with Gasteiger partial charge < -0.3 is 15.4 Å². The van der Waals surface area contributed by atoms with Crippen molar-refractivity contribution in [3.05, 3.63) is 95.8 Å². The van der Waals surface area contributed by atoms with E-state index in [1.807, 2.05) is 71.4 Å². The minimum absolute atomic E-state index is 0.146. The van der Waals surface area contributed by atoms with E-state index in [2.05, 4.69) is 26.3 Å². The maximum Gasteiger partial charge on any atom is 0.255 e. The number of amides is 3. The van der Waals surface area contributed by atoms with Crippen molar-refractivity contribution in [2.75, 3.05) is 18.8 Å². The van der Waals surface area contributed by atoms with Crippen molar-refractivity contribution in [1.82, 2.24) is 34.9 Å². The maximum atomic E-state index is 13.1. The van der Waals surface area contributed by atoms with Gasteiger partial charge in [0.2, 0.25) is 11.8 Å². The number of aromatic nitrogens is 4. The van der Waals surface area contributed by atoms with E-state index in [9.17, 15) is 14.4 Å². The lowest BCUT2D eigenvalue weighted by Gasteiger charge is -2.32. The summed E-state index contributed by atoms with van der Waals surface area (Å²) in [5.41, 5.74) is 11.4. The summed E-state index contributed by atoms with van der Waals surface area (Å²) in [6.07, 6.45) is 3.86. The fraction of sp³-hybridized carbons (Fsp3) is 0.278. The van der Waals surface area contributed by atoms with Crippen LogP contribution in [0.4, 0.5) is 5.82 Å². The van der Waals surface area contributed by atoms with Crippen molar-refractivity contribution in [3.8, 4) is 22.8 Å². The van der Waals surface area contributed by atoms with E-state index in [4.69, 9.17) is 15.6 Å². The smallest absolute Gasteiger partial charge is 0.255 e. The zero-order valence-electron chi connectivity index (χ0n) is 26.2. The Balaban J connectivity index is 0.950. The lowest BCUT2D eigenvalue weighted by molar-refractivity contribution is -0.136. The normalized spacial score (nSPS) is 18.7. The quantitative estimate of drug-likeness (QED) is 0.245. The van der Waals surface area contributed by atoms with Gasteiger partial charge in [-0.3, -0.25) is 24.6 Å². The number of hydrogen-bond donors (Lipinski definition) is 2. The molecule has 1 atom stereocenters. The zero-order valence-corrected chi connectivity index (χ0v) is 26.2. The molecular weight excluding hydrogens is 608 g/mol. The van der Waals surface area contributed by atoms with Gasteiger partial charge in [0.25, 0.3) is 5.91 Å². The van der Waals surface area contributed by atoms with Crippen molar-refractivity contribution < 1.29 is 19.1 Å². The van der Waals surface area contributed by atoms with Crippen LogP contribution in [0.2, 0.25) is 0 Å². The molecule has 1 unspecified atom stereocenters. The number of para-hydroxylation sites is 1. The van der Waals surface area contributed by atoms with Gasteiger partial charge in [-0.25, -0.2) is 14.6 Å². The largest absolute Gasteiger partial charge is 0.457 e. The molecule has 2 fully saturated rings. The molecule has 0 spiro atoms. The van der Waals surface area contributed by atoms with Crippen LogP contribution >= 0.6 is 0 Å². The minimum Gasteiger partial charge on any atom is -0.457 e. The first-order chi connectivity index (χ1) is 23.4. The summed E-state index contributed by atoms with van der Waals surface area (Å²) >= 11 is 0. The third kappa shape index (κ3) is 5.53. The van der Waals surface area contributed by atoms with Gasteiger partial charge in [-0.15, -0.1) is 0 Å². The minimum atomic E-state index is -0.613. The molecule has 0 radical (unpaired) electrons. The topological polar surface area (TPSA) is 149 Å². The van der Waals surface area contributed by atoms with Crippen LogP contribution in [-0.4, -0.2) is 66.4 Å². The van der Waals surface area contributed by atoms with Crippen LogP contribution in [0.15, 0.2) is 79.1 Å². The fourth-order valence-electron chi connectivity index (χ4n) is 7.06. The number of nitrogen functional groups attached to an aromatic ring is 1. The molecule has 3 amide bonds. The Hall–Kier alpha value is -5.62. The van der Waals surface area contributed by atoms with Gasteiger partial charge in [-0.2, -0.15) is 5.10 Å². The number of imide groups is 1. The van der Waals surface area contributed by atoms with Gasteiger partial charge >= 0.3 is 0 Å². The van der Waals surface area contributed by atoms with E-state index >= 15 is 0 Å². The number of carbonyl (C=O) groups is 3. The Morgan fingerprint density at radius 2 is 1.67 bits per heavy atom. The first kappa shape index (κ1) is 29.8. The van der Waals surface area contributed by atoms with Crippen LogP contribution in [0.1, 0.15) is 53.2 Å². The average Bonchev–Trinajstić information content (AvgIpc) is 3.64. The number of likely N-dealkylation sites (tertiary alicyclic amines) is 1. The number of fused-ring (bicyclic) bond motifs is 2. The Kier molecular flexibility index (Phi) is 7.56. The Morgan fingerprint density at radius 1 is 0.896 bits per heavy atom. The molecule has 5 heterocycles. The molecular formula is C36H34N8O4. The first-order valence-electron chi connectivity index (χ1n) is 16.2. The van der Waals surface area contributed by atoms with E-state index in [0.29, 0.717) is 24.3 Å². The van der Waals surface area contributed by atoms with Crippen molar-refractivity contribution >= 4 is 34.6 Å². The first-order valence-corrected chi connectivity index (χ1v) is 16.2. The number of carbonyl (C=O) groups excluding carboxylic acids is 3. The van der Waals surface area contributed by atoms with Crippen LogP contribution < -0.4 is 15.8 Å². The summed E-state index contributed by atoms with van der Waals surface area (Å²) in [7, 11) is 0. The van der Waals surface area contributed by atoms with Gasteiger partial charge in [0, 0.05) is 43.7 Å². The summed E-state index contributed by atoms with van der Waals surface area (Å²) in [5, 5.41) is 8.17. The third-order valence-corrected chi connectivity index (χ3v) is 9.52. The molecule has 48 heavy (non-hydrogen) atoms. The highest BCUT2D eigenvalue weighted by Crippen LogP contribution is 2.36. The Labute approximate surface area is 276 Å². The van der Waals surface area contributed by atoms with Crippen molar-refractivity contribution in [2.45, 2.75) is 50.9 Å². The molecule has 3 N–H and O–H groups in total. The van der Waals surface area contributed by atoms with Crippen molar-refractivity contribution in [1.29, 1.82) is 0 Å². The fourth-order valence-corrected chi connectivity index (χ4v) is 7.06. The number of nitrogens with one attached hydrogen (secondary N) is 1. The van der Waals surface area contributed by atoms with Crippen LogP contribution in [0, 0.1) is 0 Å². The van der Waals surface area contributed by atoms with E-state index in [1.54, 1.807) is 4.90 Å². The molecule has 0 saturated carbocycles. The van der Waals surface area contributed by atoms with Gasteiger partial charge in [0.15, 0.2) is 5.65 Å². The van der Waals surface area contributed by atoms with Gasteiger partial charge in [-0.1, -0.05) is 30.3 Å². The van der Waals surface area contributed by atoms with Crippen molar-refractivity contribution in [3.63, 3.8) is 0 Å². The van der Waals surface area contributed by atoms with E-state index in [-0.39, 0.29) is 24.3 Å². The molecule has 0 bridgehead atoms. The van der Waals surface area contributed by atoms with Gasteiger partial charge in [0.05, 0.1) is 11.4 Å². The van der Waals surface area contributed by atoms with Crippen LogP contribution in [0.3, 0.4) is 0 Å². The molecule has 5 aromatic rings. The Morgan fingerprint density at radius 3 is 2.44 bits per heavy atom. The number of nitrogens with two attached hydrogens (primary N) is 1. The number of benzene rings is 3. The lowest BCUT2D eigenvalue weighted by Crippen LogP contribution is -2.52. The molecule has 0 aliphatic carbocycles. The number of nitrogens with zero attached hydrogens (tertiary/aromatic N) is 6. The lowest BCUT2D eigenvalue weighted by atomic mass is 10.0. The second-order valence-electron chi connectivity index (χ2n) is 12.6. The van der Waals surface area contributed by atoms with Crippen molar-refractivity contribution in [2.24, 2.45) is 0 Å². The highest BCUT2D eigenvalue weighted by Gasteiger charge is 2.39. The molecule has 2 aromatic heterocycles. The molecule has 3 aliphatic rings. The number of anilines is 1. The molecule has 3 aliphatic heterocycles. The van der Waals surface area contributed by atoms with Crippen LogP contribution in [0.5, 0.6) is 11.5 Å². The van der Waals surface area contributed by atoms with E-state index in [0.717, 1.165) is 77.4 Å². The summed E-state index contributed by atoms with van der Waals surface area (Å²) in [4.78, 5) is 50.0. The summed E-state index contributed by atoms with van der Waals surface area (Å²) < 4.78 is 7.99. The van der Waals surface area contributed by atoms with E-state index in [1.165, 1.54) is 6.33 Å². The maximum absolute atomic E-state index is 13.1. The van der Waals surface area contributed by atoms with Gasteiger partial charge in [-0.05, 0) is 72.9 Å². The molecule has 8 rings (SSSR count). The highest BCUT2D eigenvalue weighted by molar-refractivity contribution is 6.05. The standard InChI is InChI=1S/C36H34N8O4/c37-33-31-32(23-7-9-27(10-8-23)48-26-4-2-1-3-5-26)41-44(34(31)39-21-38-33)25-14-16-42(17-15-25)19-22-6-11-28-24(18-22)20-43(36(28)47)29-12-13-30(45)40-35(29)46/h1-11,18,21,25,29H,12-17,19-20H2,(H2,37,38,39)(H,40,45,46). The number of ether oxygens (including phenoxy) is 1.